The van der Waals surface area contributed by atoms with Gasteiger partial charge in [-0.05, 0) is 47.2 Å². The first-order chi connectivity index (χ1) is 15.0. The lowest BCUT2D eigenvalue weighted by molar-refractivity contribution is 0.469. The minimum atomic E-state index is -0.252. The molecule has 0 saturated heterocycles. The van der Waals surface area contributed by atoms with Crippen LogP contribution in [0.3, 0.4) is 0 Å². The molecule has 5 nitrogen and oxygen atoms in total. The summed E-state index contributed by atoms with van der Waals surface area (Å²) in [6.07, 6.45) is 0.809. The number of aryl methyl sites for hydroxylation is 1. The van der Waals surface area contributed by atoms with Gasteiger partial charge in [0.05, 0.1) is 0 Å². The number of tetrazole rings is 1. The summed E-state index contributed by atoms with van der Waals surface area (Å²) in [5, 5.41) is 16.9. The van der Waals surface area contributed by atoms with E-state index < -0.39 is 0 Å². The van der Waals surface area contributed by atoms with Gasteiger partial charge in [0.15, 0.2) is 5.82 Å². The molecule has 0 bridgehead atoms. The maximum atomic E-state index is 6.15. The van der Waals surface area contributed by atoms with Gasteiger partial charge >= 0.3 is 0 Å². The standard InChI is InChI=1S/C25H30ClN5S/c1-16-7-12-20-19(13-16)22(32-24(2,3)4)21(14-25(5,6)23-27-29-30-28-23)31(20)15-17-8-10-18(26)11-9-17/h7-13H,14-15H2,1-6H3,(H,27,28,29,30). The highest BCUT2D eigenvalue weighted by Crippen LogP contribution is 2.43. The van der Waals surface area contributed by atoms with Crippen LogP contribution in [-0.4, -0.2) is 29.9 Å². The van der Waals surface area contributed by atoms with Gasteiger partial charge in [-0.1, -0.05) is 70.0 Å². The van der Waals surface area contributed by atoms with Gasteiger partial charge in [-0.15, -0.1) is 16.9 Å². The quantitative estimate of drug-likeness (QED) is 0.325. The molecule has 168 valence electrons. The Hall–Kier alpha value is -2.31. The van der Waals surface area contributed by atoms with Crippen molar-refractivity contribution in [3.63, 3.8) is 0 Å². The van der Waals surface area contributed by atoms with E-state index in [1.165, 1.54) is 32.6 Å². The number of rotatable bonds is 6. The van der Waals surface area contributed by atoms with Crippen LogP contribution in [0.4, 0.5) is 0 Å². The van der Waals surface area contributed by atoms with Crippen LogP contribution in [0.15, 0.2) is 47.4 Å². The Bertz CT molecular complexity index is 1220. The second-order valence-electron chi connectivity index (χ2n) is 10.0. The van der Waals surface area contributed by atoms with E-state index in [4.69, 9.17) is 11.6 Å². The third-order valence-electron chi connectivity index (χ3n) is 5.53. The molecule has 0 saturated carbocycles. The molecule has 0 amide bonds. The van der Waals surface area contributed by atoms with E-state index in [0.29, 0.717) is 0 Å². The normalized spacial score (nSPS) is 12.6. The van der Waals surface area contributed by atoms with Gasteiger partial charge in [0.25, 0.3) is 0 Å². The van der Waals surface area contributed by atoms with Gasteiger partial charge in [0.1, 0.15) is 0 Å². The smallest absolute Gasteiger partial charge is 0.154 e. The molecule has 2 heterocycles. The van der Waals surface area contributed by atoms with Crippen LogP contribution in [0, 0.1) is 6.92 Å². The van der Waals surface area contributed by atoms with Gasteiger partial charge in [-0.2, -0.15) is 0 Å². The number of hydrogen-bond donors (Lipinski definition) is 1. The minimum Gasteiger partial charge on any atom is -0.339 e. The SMILES string of the molecule is Cc1ccc2c(c1)c(SC(C)(C)C)c(CC(C)(C)c1nnn[nH]1)n2Cc1ccc(Cl)cc1. The molecule has 1 N–H and O–H groups in total. The van der Waals surface area contributed by atoms with E-state index in [0.717, 1.165) is 23.8 Å². The van der Waals surface area contributed by atoms with E-state index in [9.17, 15) is 0 Å². The molecule has 0 unspecified atom stereocenters. The van der Waals surface area contributed by atoms with Crippen LogP contribution in [0.5, 0.6) is 0 Å². The molecule has 0 radical (unpaired) electrons. The van der Waals surface area contributed by atoms with Crippen LogP contribution in [0.1, 0.15) is 57.3 Å². The molecule has 0 aliphatic heterocycles. The fourth-order valence-electron chi connectivity index (χ4n) is 3.99. The van der Waals surface area contributed by atoms with Gasteiger partial charge in [-0.25, -0.2) is 5.10 Å². The summed E-state index contributed by atoms with van der Waals surface area (Å²) >= 11 is 8.08. The lowest BCUT2D eigenvalue weighted by atomic mass is 9.87. The summed E-state index contributed by atoms with van der Waals surface area (Å²) in [5.74, 6) is 0.795. The highest BCUT2D eigenvalue weighted by Gasteiger charge is 2.31. The third kappa shape index (κ3) is 4.86. The molecular formula is C25H30ClN5S. The van der Waals surface area contributed by atoms with E-state index in [-0.39, 0.29) is 10.2 Å². The van der Waals surface area contributed by atoms with Crippen molar-refractivity contribution in [1.29, 1.82) is 0 Å². The third-order valence-corrected chi connectivity index (χ3v) is 7.06. The first-order valence-corrected chi connectivity index (χ1v) is 12.0. The zero-order chi connectivity index (χ0) is 23.1. The van der Waals surface area contributed by atoms with Crippen LogP contribution < -0.4 is 0 Å². The number of aromatic nitrogens is 5. The zero-order valence-electron chi connectivity index (χ0n) is 19.5. The maximum absolute atomic E-state index is 6.15. The van der Waals surface area contributed by atoms with Crippen LogP contribution in [-0.2, 0) is 18.4 Å². The van der Waals surface area contributed by atoms with Gasteiger partial charge in [0, 0.05) is 49.6 Å². The van der Waals surface area contributed by atoms with E-state index in [1.54, 1.807) is 0 Å². The summed E-state index contributed by atoms with van der Waals surface area (Å²) in [4.78, 5) is 1.34. The molecular weight excluding hydrogens is 438 g/mol. The lowest BCUT2D eigenvalue weighted by Crippen LogP contribution is -2.25. The topological polar surface area (TPSA) is 59.4 Å². The number of thioether (sulfide) groups is 1. The second-order valence-corrected chi connectivity index (χ2v) is 12.3. The summed E-state index contributed by atoms with van der Waals surface area (Å²) in [7, 11) is 0. The Labute approximate surface area is 198 Å². The molecule has 0 spiro atoms. The van der Waals surface area contributed by atoms with Crippen molar-refractivity contribution >= 4 is 34.3 Å². The fraction of sp³-hybridized carbons (Fsp3) is 0.400. The number of nitrogens with zero attached hydrogens (tertiary/aromatic N) is 4. The average molecular weight is 468 g/mol. The van der Waals surface area contributed by atoms with E-state index >= 15 is 0 Å². The summed E-state index contributed by atoms with van der Waals surface area (Å²) in [5.41, 5.74) is 4.79. The Morgan fingerprint density at radius 1 is 1.03 bits per heavy atom. The Morgan fingerprint density at radius 3 is 2.38 bits per heavy atom. The van der Waals surface area contributed by atoms with Crippen LogP contribution >= 0.6 is 23.4 Å². The summed E-state index contributed by atoms with van der Waals surface area (Å²) < 4.78 is 2.54. The second kappa shape index (κ2) is 8.56. The predicted molar refractivity (Wildman–Crippen MR) is 134 cm³/mol. The van der Waals surface area contributed by atoms with Crippen molar-refractivity contribution in [3.8, 4) is 0 Å². The van der Waals surface area contributed by atoms with Crippen molar-refractivity contribution in [1.82, 2.24) is 25.2 Å². The van der Waals surface area contributed by atoms with E-state index in [2.05, 4.69) is 97.1 Å². The number of H-pyrrole nitrogens is 1. The van der Waals surface area contributed by atoms with Crippen molar-refractivity contribution in [2.45, 2.75) is 69.6 Å². The van der Waals surface area contributed by atoms with Gasteiger partial charge < -0.3 is 4.57 Å². The summed E-state index contributed by atoms with van der Waals surface area (Å²) in [6, 6.07) is 14.9. The van der Waals surface area contributed by atoms with Gasteiger partial charge in [0.2, 0.25) is 0 Å². The van der Waals surface area contributed by atoms with Crippen LogP contribution in [0.2, 0.25) is 5.02 Å². The Balaban J connectivity index is 1.92. The molecule has 0 aliphatic carbocycles. The van der Waals surface area contributed by atoms with Crippen molar-refractivity contribution in [2.24, 2.45) is 0 Å². The van der Waals surface area contributed by atoms with Crippen molar-refractivity contribution in [3.05, 3.63) is 70.1 Å². The van der Waals surface area contributed by atoms with Crippen LogP contribution in [0.25, 0.3) is 10.9 Å². The number of benzene rings is 2. The lowest BCUT2D eigenvalue weighted by Gasteiger charge is -2.25. The van der Waals surface area contributed by atoms with Crippen molar-refractivity contribution < 1.29 is 0 Å². The molecule has 7 heteroatoms. The largest absolute Gasteiger partial charge is 0.339 e. The molecule has 0 atom stereocenters. The van der Waals surface area contributed by atoms with Crippen molar-refractivity contribution in [2.75, 3.05) is 0 Å². The number of halogens is 1. The zero-order valence-corrected chi connectivity index (χ0v) is 21.1. The average Bonchev–Trinajstić information content (AvgIpc) is 3.33. The molecule has 2 aromatic heterocycles. The number of nitrogens with one attached hydrogen (secondary N) is 1. The molecule has 0 fully saturated rings. The molecule has 0 aliphatic rings. The van der Waals surface area contributed by atoms with E-state index in [1.807, 2.05) is 23.9 Å². The number of fused-ring (bicyclic) bond motifs is 1. The molecule has 4 rings (SSSR count). The highest BCUT2D eigenvalue weighted by molar-refractivity contribution is 8.00. The number of hydrogen-bond acceptors (Lipinski definition) is 4. The first kappa shape index (κ1) is 22.9. The predicted octanol–water partition coefficient (Wildman–Crippen LogP) is 6.58. The summed E-state index contributed by atoms with van der Waals surface area (Å²) in [6.45, 7) is 14.1. The first-order valence-electron chi connectivity index (χ1n) is 10.8. The Morgan fingerprint density at radius 2 is 1.75 bits per heavy atom. The maximum Gasteiger partial charge on any atom is 0.154 e. The molecule has 4 aromatic rings. The molecule has 32 heavy (non-hydrogen) atoms. The highest BCUT2D eigenvalue weighted by atomic mass is 35.5. The van der Waals surface area contributed by atoms with Gasteiger partial charge in [-0.3, -0.25) is 0 Å². The number of aromatic amines is 1. The monoisotopic (exact) mass is 467 g/mol. The molecule has 2 aromatic carbocycles. The fourth-order valence-corrected chi connectivity index (χ4v) is 5.30. The minimum absolute atomic E-state index is 0.0792. The Kier molecular flexibility index (Phi) is 6.12.